The number of hydrogen-bond acceptors (Lipinski definition) is 2. The first-order valence-electron chi connectivity index (χ1n) is 6.47. The molecule has 1 aromatic rings. The number of piperidine rings is 1. The van der Waals surface area contributed by atoms with E-state index in [1.807, 2.05) is 0 Å². The van der Waals surface area contributed by atoms with E-state index < -0.39 is 11.8 Å². The number of rotatable bonds is 3. The van der Waals surface area contributed by atoms with Crippen LogP contribution >= 0.6 is 11.6 Å². The van der Waals surface area contributed by atoms with E-state index in [0.717, 1.165) is 18.9 Å². The average molecular weight is 300 g/mol. The van der Waals surface area contributed by atoms with Crippen LogP contribution in [0.2, 0.25) is 5.02 Å². The molecule has 1 atom stereocenters. The fourth-order valence-electron chi connectivity index (χ4n) is 2.48. The molecule has 0 saturated carbocycles. The average Bonchev–Trinajstić information content (AvgIpc) is 2.41. The molecule has 0 radical (unpaired) electrons. The summed E-state index contributed by atoms with van der Waals surface area (Å²) in [6.45, 7) is 0.520. The summed E-state index contributed by atoms with van der Waals surface area (Å²) in [6.07, 6.45) is 2.36. The second-order valence-electron chi connectivity index (χ2n) is 4.87. The number of halogens is 2. The minimum Gasteiger partial charge on any atom is -0.481 e. The molecule has 0 spiro atoms. The molecule has 1 fully saturated rings. The van der Waals surface area contributed by atoms with Gasteiger partial charge in [0.2, 0.25) is 0 Å². The quantitative estimate of drug-likeness (QED) is 0.933. The van der Waals surface area contributed by atoms with Crippen LogP contribution in [0, 0.1) is 5.82 Å². The highest BCUT2D eigenvalue weighted by Gasteiger charge is 2.29. The van der Waals surface area contributed by atoms with Gasteiger partial charge in [-0.2, -0.15) is 0 Å². The van der Waals surface area contributed by atoms with Gasteiger partial charge in [0.05, 0.1) is 11.4 Å². The summed E-state index contributed by atoms with van der Waals surface area (Å²) in [5.74, 6) is -1.80. The molecular weight excluding hydrogens is 285 g/mol. The molecule has 2 rings (SSSR count). The standard InChI is InChI=1S/C14H15ClFNO3/c15-11-7-9(4-5-12(11)16)14(20)17-6-2-1-3-10(17)8-13(18)19/h4-5,7,10H,1-3,6,8H2,(H,18,19). The Hall–Kier alpha value is -1.62. The topological polar surface area (TPSA) is 57.6 Å². The molecule has 1 aliphatic heterocycles. The van der Waals surface area contributed by atoms with Crippen molar-refractivity contribution in [3.63, 3.8) is 0 Å². The molecule has 0 bridgehead atoms. The molecule has 1 N–H and O–H groups in total. The van der Waals surface area contributed by atoms with Crippen molar-refractivity contribution >= 4 is 23.5 Å². The highest BCUT2D eigenvalue weighted by atomic mass is 35.5. The summed E-state index contributed by atoms with van der Waals surface area (Å²) in [6, 6.07) is 3.49. The molecule has 4 nitrogen and oxygen atoms in total. The van der Waals surface area contributed by atoms with E-state index in [9.17, 15) is 14.0 Å². The molecule has 20 heavy (non-hydrogen) atoms. The van der Waals surface area contributed by atoms with E-state index in [-0.39, 0.29) is 29.0 Å². The number of nitrogens with zero attached hydrogens (tertiary/aromatic N) is 1. The number of hydrogen-bond donors (Lipinski definition) is 1. The Morgan fingerprint density at radius 3 is 2.80 bits per heavy atom. The van der Waals surface area contributed by atoms with Crippen LogP contribution in [-0.2, 0) is 4.79 Å². The van der Waals surface area contributed by atoms with Crippen LogP contribution in [0.4, 0.5) is 4.39 Å². The lowest BCUT2D eigenvalue weighted by Gasteiger charge is -2.35. The predicted octanol–water partition coefficient (Wildman–Crippen LogP) is 2.95. The van der Waals surface area contributed by atoms with Crippen molar-refractivity contribution in [2.75, 3.05) is 6.54 Å². The lowest BCUT2D eigenvalue weighted by molar-refractivity contribution is -0.138. The third kappa shape index (κ3) is 3.28. The molecule has 0 aromatic heterocycles. The number of amides is 1. The van der Waals surface area contributed by atoms with Gasteiger partial charge in [-0.3, -0.25) is 9.59 Å². The van der Waals surface area contributed by atoms with Crippen LogP contribution in [0.15, 0.2) is 18.2 Å². The third-order valence-electron chi connectivity index (χ3n) is 3.46. The lowest BCUT2D eigenvalue weighted by atomic mass is 9.98. The van der Waals surface area contributed by atoms with Crippen LogP contribution in [0.3, 0.4) is 0 Å². The number of aliphatic carboxylic acids is 1. The number of carbonyl (C=O) groups excluding carboxylic acids is 1. The van der Waals surface area contributed by atoms with Gasteiger partial charge in [0.1, 0.15) is 5.82 Å². The normalized spacial score (nSPS) is 18.9. The molecule has 1 aliphatic rings. The fourth-order valence-corrected chi connectivity index (χ4v) is 2.66. The molecule has 108 valence electrons. The van der Waals surface area contributed by atoms with Crippen LogP contribution in [-0.4, -0.2) is 34.5 Å². The Bertz CT molecular complexity index is 535. The van der Waals surface area contributed by atoms with Crippen LogP contribution in [0.1, 0.15) is 36.0 Å². The minimum atomic E-state index is -0.924. The zero-order valence-corrected chi connectivity index (χ0v) is 11.6. The van der Waals surface area contributed by atoms with E-state index in [0.29, 0.717) is 13.0 Å². The molecule has 0 aliphatic carbocycles. The molecule has 1 saturated heterocycles. The lowest BCUT2D eigenvalue weighted by Crippen LogP contribution is -2.44. The Morgan fingerprint density at radius 2 is 2.15 bits per heavy atom. The number of carbonyl (C=O) groups is 2. The second-order valence-corrected chi connectivity index (χ2v) is 5.28. The first-order chi connectivity index (χ1) is 9.49. The maximum Gasteiger partial charge on any atom is 0.305 e. The third-order valence-corrected chi connectivity index (χ3v) is 3.75. The molecule has 1 amide bonds. The highest BCUT2D eigenvalue weighted by molar-refractivity contribution is 6.31. The first-order valence-corrected chi connectivity index (χ1v) is 6.84. The Labute approximate surface area is 121 Å². The van der Waals surface area contributed by atoms with Crippen LogP contribution in [0.5, 0.6) is 0 Å². The maximum absolute atomic E-state index is 13.1. The van der Waals surface area contributed by atoms with Gasteiger partial charge < -0.3 is 10.0 Å². The number of carboxylic acids is 1. The highest BCUT2D eigenvalue weighted by Crippen LogP contribution is 2.24. The molecular formula is C14H15ClFNO3. The van der Waals surface area contributed by atoms with Crippen molar-refractivity contribution in [1.82, 2.24) is 4.90 Å². The van der Waals surface area contributed by atoms with E-state index in [4.69, 9.17) is 16.7 Å². The summed E-state index contributed by atoms with van der Waals surface area (Å²) in [4.78, 5) is 24.8. The van der Waals surface area contributed by atoms with Crippen molar-refractivity contribution in [1.29, 1.82) is 0 Å². The summed E-state index contributed by atoms with van der Waals surface area (Å²) >= 11 is 5.68. The maximum atomic E-state index is 13.1. The van der Waals surface area contributed by atoms with Crippen molar-refractivity contribution in [2.45, 2.75) is 31.7 Å². The SMILES string of the molecule is O=C(O)CC1CCCCN1C(=O)c1ccc(F)c(Cl)c1. The van der Waals surface area contributed by atoms with Crippen LogP contribution in [0.25, 0.3) is 0 Å². The van der Waals surface area contributed by atoms with Crippen molar-refractivity contribution in [3.05, 3.63) is 34.6 Å². The first kappa shape index (κ1) is 14.8. The minimum absolute atomic E-state index is 0.0688. The zero-order chi connectivity index (χ0) is 14.7. The van der Waals surface area contributed by atoms with Crippen molar-refractivity contribution in [2.24, 2.45) is 0 Å². The fraction of sp³-hybridized carbons (Fsp3) is 0.429. The molecule has 1 unspecified atom stereocenters. The van der Waals surface area contributed by atoms with Gasteiger partial charge in [0.15, 0.2) is 0 Å². The van der Waals surface area contributed by atoms with Crippen LogP contribution < -0.4 is 0 Å². The second kappa shape index (κ2) is 6.22. The monoisotopic (exact) mass is 299 g/mol. The van der Waals surface area contributed by atoms with Gasteiger partial charge in [-0.25, -0.2) is 4.39 Å². The zero-order valence-electron chi connectivity index (χ0n) is 10.8. The largest absolute Gasteiger partial charge is 0.481 e. The van der Waals surface area contributed by atoms with Crippen molar-refractivity contribution in [3.8, 4) is 0 Å². The summed E-state index contributed by atoms with van der Waals surface area (Å²) in [5.41, 5.74) is 0.286. The van der Waals surface area contributed by atoms with Gasteiger partial charge in [-0.05, 0) is 37.5 Å². The van der Waals surface area contributed by atoms with E-state index in [1.165, 1.54) is 12.1 Å². The van der Waals surface area contributed by atoms with Gasteiger partial charge in [0, 0.05) is 18.2 Å². The molecule has 6 heteroatoms. The summed E-state index contributed by atoms with van der Waals surface area (Å²) in [5, 5.41) is 8.80. The van der Waals surface area contributed by atoms with E-state index in [2.05, 4.69) is 0 Å². The number of carboxylic acid groups (broad SMARTS) is 1. The Kier molecular flexibility index (Phi) is 4.60. The Balaban J connectivity index is 2.20. The summed E-state index contributed by atoms with van der Waals surface area (Å²) in [7, 11) is 0. The molecule has 1 aromatic carbocycles. The van der Waals surface area contributed by atoms with Gasteiger partial charge in [0.25, 0.3) is 5.91 Å². The smallest absolute Gasteiger partial charge is 0.305 e. The predicted molar refractivity (Wildman–Crippen MR) is 72.3 cm³/mol. The number of likely N-dealkylation sites (tertiary alicyclic amines) is 1. The Morgan fingerprint density at radius 1 is 1.40 bits per heavy atom. The van der Waals surface area contributed by atoms with E-state index in [1.54, 1.807) is 4.90 Å². The number of benzene rings is 1. The van der Waals surface area contributed by atoms with Crippen molar-refractivity contribution < 1.29 is 19.1 Å². The van der Waals surface area contributed by atoms with Gasteiger partial charge in [-0.1, -0.05) is 11.6 Å². The molecule has 1 heterocycles. The van der Waals surface area contributed by atoms with E-state index >= 15 is 0 Å². The summed E-state index contributed by atoms with van der Waals surface area (Å²) < 4.78 is 13.1. The van der Waals surface area contributed by atoms with Gasteiger partial charge in [-0.15, -0.1) is 0 Å². The van der Waals surface area contributed by atoms with Gasteiger partial charge >= 0.3 is 5.97 Å².